The first-order chi connectivity index (χ1) is 9.44. The largest absolute Gasteiger partial charge is 0.497 e. The van der Waals surface area contributed by atoms with E-state index in [0.717, 1.165) is 0 Å². The second kappa shape index (κ2) is 5.38. The molecule has 1 aromatic carbocycles. The van der Waals surface area contributed by atoms with Crippen molar-refractivity contribution in [3.05, 3.63) is 24.3 Å². The van der Waals surface area contributed by atoms with Crippen LogP contribution in [0.15, 0.2) is 24.3 Å². The van der Waals surface area contributed by atoms with Crippen LogP contribution in [-0.2, 0) is 4.79 Å². The Morgan fingerprint density at radius 1 is 1.50 bits per heavy atom. The molecule has 1 heterocycles. The number of aliphatic carboxylic acids is 1. The molecule has 0 radical (unpaired) electrons. The number of benzene rings is 1. The maximum Gasteiger partial charge on any atom is 0.325 e. The molecule has 20 heavy (non-hydrogen) atoms. The third-order valence-corrected chi connectivity index (χ3v) is 3.33. The van der Waals surface area contributed by atoms with E-state index in [1.807, 2.05) is 0 Å². The highest BCUT2D eigenvalue weighted by Gasteiger charge is 2.42. The van der Waals surface area contributed by atoms with E-state index >= 15 is 0 Å². The number of nitrogens with one attached hydrogen (secondary N) is 1. The van der Waals surface area contributed by atoms with Crippen LogP contribution < -0.4 is 15.8 Å². The van der Waals surface area contributed by atoms with Crippen molar-refractivity contribution < 1.29 is 19.4 Å². The minimum Gasteiger partial charge on any atom is -0.497 e. The highest BCUT2D eigenvalue weighted by atomic mass is 16.5. The number of hydrogen-bond acceptors (Lipinski definition) is 4. The number of methoxy groups -OCH3 is 1. The van der Waals surface area contributed by atoms with Gasteiger partial charge in [0.1, 0.15) is 11.3 Å². The molecule has 1 saturated heterocycles. The lowest BCUT2D eigenvalue weighted by atomic mass is 10.0. The summed E-state index contributed by atoms with van der Waals surface area (Å²) in [6.45, 7) is 0.316. The third-order valence-electron chi connectivity index (χ3n) is 3.33. The zero-order valence-corrected chi connectivity index (χ0v) is 11.1. The van der Waals surface area contributed by atoms with Gasteiger partial charge in [0.2, 0.25) is 0 Å². The molecule has 1 aromatic rings. The van der Waals surface area contributed by atoms with Crippen LogP contribution in [0.1, 0.15) is 6.42 Å². The second-order valence-electron chi connectivity index (χ2n) is 4.79. The number of urea groups is 1. The highest BCUT2D eigenvalue weighted by molar-refractivity contribution is 5.91. The number of carboxylic acid groups (broad SMARTS) is 1. The summed E-state index contributed by atoms with van der Waals surface area (Å²) in [5.41, 5.74) is 4.96. The summed E-state index contributed by atoms with van der Waals surface area (Å²) in [5.74, 6) is -0.461. The molecular formula is C13H17N3O4. The lowest BCUT2D eigenvalue weighted by Gasteiger charge is -2.20. The molecule has 1 atom stereocenters. The third kappa shape index (κ3) is 2.83. The number of anilines is 1. The van der Waals surface area contributed by atoms with Gasteiger partial charge in [-0.15, -0.1) is 0 Å². The van der Waals surface area contributed by atoms with Crippen molar-refractivity contribution in [1.29, 1.82) is 0 Å². The summed E-state index contributed by atoms with van der Waals surface area (Å²) < 4.78 is 5.06. The summed E-state index contributed by atoms with van der Waals surface area (Å²) in [7, 11) is 1.54. The van der Waals surface area contributed by atoms with E-state index in [-0.39, 0.29) is 19.0 Å². The molecule has 0 aromatic heterocycles. The molecule has 2 amide bonds. The first kappa shape index (κ1) is 14.1. The number of carbonyl (C=O) groups excluding carboxylic acids is 1. The molecule has 4 N–H and O–H groups in total. The maximum atomic E-state index is 12.1. The number of ether oxygens (including phenoxy) is 1. The topological polar surface area (TPSA) is 105 Å². The van der Waals surface area contributed by atoms with Crippen molar-refractivity contribution in [3.63, 3.8) is 0 Å². The number of hydrogen-bond donors (Lipinski definition) is 3. The Hall–Kier alpha value is -2.28. The molecule has 1 aliphatic heterocycles. The quantitative estimate of drug-likeness (QED) is 0.756. The second-order valence-corrected chi connectivity index (χ2v) is 4.79. The van der Waals surface area contributed by atoms with Gasteiger partial charge in [0.05, 0.1) is 13.7 Å². The van der Waals surface area contributed by atoms with Gasteiger partial charge in [-0.2, -0.15) is 0 Å². The minimum absolute atomic E-state index is 0.00185. The molecule has 0 aliphatic carbocycles. The molecule has 7 nitrogen and oxygen atoms in total. The molecule has 1 unspecified atom stereocenters. The van der Waals surface area contributed by atoms with Gasteiger partial charge >= 0.3 is 12.0 Å². The fraction of sp³-hybridized carbons (Fsp3) is 0.385. The van der Waals surface area contributed by atoms with Gasteiger partial charge in [-0.25, -0.2) is 4.79 Å². The maximum absolute atomic E-state index is 12.1. The average Bonchev–Trinajstić information content (AvgIpc) is 2.83. The molecule has 0 bridgehead atoms. The average molecular weight is 279 g/mol. The van der Waals surface area contributed by atoms with Crippen LogP contribution in [0.25, 0.3) is 0 Å². The number of carbonyl (C=O) groups is 2. The smallest absolute Gasteiger partial charge is 0.325 e. The van der Waals surface area contributed by atoms with E-state index in [4.69, 9.17) is 15.6 Å². The summed E-state index contributed by atoms with van der Waals surface area (Å²) in [6, 6.07) is 6.56. The highest BCUT2D eigenvalue weighted by Crippen LogP contribution is 2.21. The van der Waals surface area contributed by atoms with E-state index in [1.165, 1.54) is 12.0 Å². The van der Waals surface area contributed by atoms with Crippen LogP contribution in [-0.4, -0.2) is 47.7 Å². The fourth-order valence-corrected chi connectivity index (χ4v) is 2.08. The summed E-state index contributed by atoms with van der Waals surface area (Å²) in [4.78, 5) is 24.5. The van der Waals surface area contributed by atoms with Gasteiger partial charge in [0.25, 0.3) is 0 Å². The Kier molecular flexibility index (Phi) is 3.80. The van der Waals surface area contributed by atoms with Crippen molar-refractivity contribution in [2.24, 2.45) is 5.73 Å². The first-order valence-electron chi connectivity index (χ1n) is 6.17. The molecule has 1 aliphatic rings. The minimum atomic E-state index is -1.36. The molecule has 7 heteroatoms. The van der Waals surface area contributed by atoms with Crippen LogP contribution in [0.2, 0.25) is 0 Å². The van der Waals surface area contributed by atoms with Crippen molar-refractivity contribution in [2.45, 2.75) is 12.0 Å². The predicted molar refractivity (Wildman–Crippen MR) is 72.8 cm³/mol. The van der Waals surface area contributed by atoms with Crippen molar-refractivity contribution in [2.75, 3.05) is 25.5 Å². The van der Waals surface area contributed by atoms with Crippen LogP contribution in [0, 0.1) is 0 Å². The van der Waals surface area contributed by atoms with Crippen molar-refractivity contribution in [1.82, 2.24) is 4.90 Å². The van der Waals surface area contributed by atoms with Gasteiger partial charge in [-0.1, -0.05) is 6.07 Å². The first-order valence-corrected chi connectivity index (χ1v) is 6.17. The standard InChI is InChI=1S/C13H17N3O4/c1-20-10-4-2-3-9(7-10)15-12(19)16-6-5-13(14,8-16)11(17)18/h2-4,7H,5-6,8,14H2,1H3,(H,15,19)(H,17,18). The normalized spacial score (nSPS) is 21.6. The molecule has 108 valence electrons. The number of carboxylic acids is 1. The van der Waals surface area contributed by atoms with Crippen LogP contribution >= 0.6 is 0 Å². The number of nitrogens with zero attached hydrogens (tertiary/aromatic N) is 1. The summed E-state index contributed by atoms with van der Waals surface area (Å²) in [5, 5.41) is 11.7. The van der Waals surface area contributed by atoms with Crippen LogP contribution in [0.5, 0.6) is 5.75 Å². The van der Waals surface area contributed by atoms with Gasteiger partial charge in [-0.05, 0) is 18.6 Å². The number of amides is 2. The van der Waals surface area contributed by atoms with Crippen LogP contribution in [0.3, 0.4) is 0 Å². The van der Waals surface area contributed by atoms with Gasteiger partial charge in [-0.3, -0.25) is 4.79 Å². The molecule has 2 rings (SSSR count). The van der Waals surface area contributed by atoms with E-state index in [9.17, 15) is 9.59 Å². The monoisotopic (exact) mass is 279 g/mol. The predicted octanol–water partition coefficient (Wildman–Crippen LogP) is 0.715. The number of nitrogens with two attached hydrogens (primary N) is 1. The van der Waals surface area contributed by atoms with Crippen LogP contribution in [0.4, 0.5) is 10.5 Å². The Balaban J connectivity index is 2.01. The Bertz CT molecular complexity index is 534. The van der Waals surface area contributed by atoms with E-state index < -0.39 is 11.5 Å². The lowest BCUT2D eigenvalue weighted by molar-refractivity contribution is -0.142. The number of rotatable bonds is 3. The lowest BCUT2D eigenvalue weighted by Crippen LogP contribution is -2.51. The summed E-state index contributed by atoms with van der Waals surface area (Å²) >= 11 is 0. The molecule has 0 spiro atoms. The molecule has 0 saturated carbocycles. The summed E-state index contributed by atoms with van der Waals surface area (Å²) in [6.07, 6.45) is 0.244. The Labute approximate surface area is 116 Å². The SMILES string of the molecule is COc1cccc(NC(=O)N2CCC(N)(C(=O)O)C2)c1. The Morgan fingerprint density at radius 2 is 2.25 bits per heavy atom. The zero-order valence-electron chi connectivity index (χ0n) is 11.1. The van der Waals surface area contributed by atoms with Crippen molar-refractivity contribution in [3.8, 4) is 5.75 Å². The number of likely N-dealkylation sites (tertiary alicyclic amines) is 1. The Morgan fingerprint density at radius 3 is 2.85 bits per heavy atom. The van der Waals surface area contributed by atoms with Crippen molar-refractivity contribution >= 4 is 17.7 Å². The van der Waals surface area contributed by atoms with Gasteiger partial charge < -0.3 is 25.8 Å². The zero-order chi connectivity index (χ0) is 14.8. The van der Waals surface area contributed by atoms with E-state index in [1.54, 1.807) is 24.3 Å². The fourth-order valence-electron chi connectivity index (χ4n) is 2.08. The van der Waals surface area contributed by atoms with Gasteiger partial charge in [0.15, 0.2) is 0 Å². The van der Waals surface area contributed by atoms with Gasteiger partial charge in [0, 0.05) is 18.3 Å². The van der Waals surface area contributed by atoms with E-state index in [2.05, 4.69) is 5.32 Å². The molecule has 1 fully saturated rings. The molecular weight excluding hydrogens is 262 g/mol. The van der Waals surface area contributed by atoms with E-state index in [0.29, 0.717) is 18.0 Å².